The Bertz CT molecular complexity index is 1040. The summed E-state index contributed by atoms with van der Waals surface area (Å²) in [5, 5.41) is 0.693. The van der Waals surface area contributed by atoms with Gasteiger partial charge in [-0.05, 0) is 43.6 Å². The van der Waals surface area contributed by atoms with Gasteiger partial charge in [-0.15, -0.1) is 24.2 Å². The molecule has 2 aromatic carbocycles. The number of carbonyl (C=O) groups excluding carboxylic acids is 1. The second-order valence-corrected chi connectivity index (χ2v) is 8.69. The highest BCUT2D eigenvalue weighted by Crippen LogP contribution is 2.36. The molecule has 0 bridgehead atoms. The van der Waals surface area contributed by atoms with Crippen LogP contribution in [0.3, 0.4) is 0 Å². The third-order valence-electron chi connectivity index (χ3n) is 5.23. The third kappa shape index (κ3) is 5.49. The smallest absolute Gasteiger partial charge is 0.264 e. The van der Waals surface area contributed by atoms with Crippen LogP contribution in [0.15, 0.2) is 41.3 Å². The summed E-state index contributed by atoms with van der Waals surface area (Å²) in [5.41, 5.74) is 1.40. The van der Waals surface area contributed by atoms with E-state index in [1.807, 2.05) is 12.3 Å². The van der Waals surface area contributed by atoms with Crippen molar-refractivity contribution in [2.24, 2.45) is 0 Å². The lowest BCUT2D eigenvalue weighted by Crippen LogP contribution is -2.39. The first-order valence-electron chi connectivity index (χ1n) is 10.3. The van der Waals surface area contributed by atoms with E-state index in [1.54, 1.807) is 49.1 Å². The molecule has 6 nitrogen and oxygen atoms in total. The Balaban J connectivity index is 0.00000363. The number of hydrogen-bond acceptors (Lipinski definition) is 7. The summed E-state index contributed by atoms with van der Waals surface area (Å²) in [5.74, 6) is 0.826. The maximum atomic E-state index is 13.7. The van der Waals surface area contributed by atoms with Gasteiger partial charge in [0.15, 0.2) is 16.6 Å². The molecule has 0 saturated heterocycles. The molecular formula is C23H30ClN3O3S2. The van der Waals surface area contributed by atoms with E-state index in [0.717, 1.165) is 34.7 Å². The Morgan fingerprint density at radius 3 is 2.41 bits per heavy atom. The number of thioether (sulfide) groups is 1. The maximum Gasteiger partial charge on any atom is 0.264 e. The van der Waals surface area contributed by atoms with Crippen LogP contribution in [0.25, 0.3) is 10.2 Å². The van der Waals surface area contributed by atoms with Gasteiger partial charge in [-0.2, -0.15) is 0 Å². The third-order valence-corrected chi connectivity index (χ3v) is 7.05. The summed E-state index contributed by atoms with van der Waals surface area (Å²) in [6, 6.07) is 11.5. The number of nitrogens with zero attached hydrogens (tertiary/aromatic N) is 3. The number of amides is 1. The van der Waals surface area contributed by atoms with Gasteiger partial charge in [0.2, 0.25) is 0 Å². The van der Waals surface area contributed by atoms with Crippen LogP contribution < -0.4 is 14.4 Å². The second kappa shape index (κ2) is 12.3. The van der Waals surface area contributed by atoms with Crippen LogP contribution in [0.5, 0.6) is 11.5 Å². The second-order valence-electron chi connectivity index (χ2n) is 6.83. The normalized spacial score (nSPS) is 10.8. The number of ether oxygens (including phenoxy) is 2. The topological polar surface area (TPSA) is 54.9 Å². The molecule has 0 atom stereocenters. The van der Waals surface area contributed by atoms with Gasteiger partial charge in [0.1, 0.15) is 0 Å². The van der Waals surface area contributed by atoms with Crippen molar-refractivity contribution < 1.29 is 14.3 Å². The Hall–Kier alpha value is -2.00. The Morgan fingerprint density at radius 1 is 1.06 bits per heavy atom. The minimum absolute atomic E-state index is 0. The zero-order valence-corrected chi connectivity index (χ0v) is 21.5. The minimum Gasteiger partial charge on any atom is -0.493 e. The molecule has 3 aromatic rings. The number of aromatic nitrogens is 1. The number of anilines is 1. The number of para-hydroxylation sites is 2. The summed E-state index contributed by atoms with van der Waals surface area (Å²) in [6.45, 7) is 7.41. The zero-order chi connectivity index (χ0) is 22.4. The molecule has 32 heavy (non-hydrogen) atoms. The lowest BCUT2D eigenvalue weighted by molar-refractivity contribution is 0.0980. The van der Waals surface area contributed by atoms with Crippen molar-refractivity contribution in [3.05, 3.63) is 42.0 Å². The average molecular weight is 496 g/mol. The molecule has 0 saturated carbocycles. The van der Waals surface area contributed by atoms with Crippen LogP contribution in [0, 0.1) is 0 Å². The van der Waals surface area contributed by atoms with Crippen LogP contribution in [0.1, 0.15) is 24.2 Å². The van der Waals surface area contributed by atoms with Gasteiger partial charge < -0.3 is 14.4 Å². The monoisotopic (exact) mass is 495 g/mol. The summed E-state index contributed by atoms with van der Waals surface area (Å²) in [4.78, 5) is 23.8. The fourth-order valence-corrected chi connectivity index (χ4v) is 5.10. The number of thiazole rings is 1. The molecule has 0 N–H and O–H groups in total. The van der Waals surface area contributed by atoms with Crippen molar-refractivity contribution in [1.82, 2.24) is 9.88 Å². The van der Waals surface area contributed by atoms with E-state index in [0.29, 0.717) is 28.7 Å². The Kier molecular flexibility index (Phi) is 10.1. The average Bonchev–Trinajstić information content (AvgIpc) is 3.24. The lowest BCUT2D eigenvalue weighted by atomic mass is 10.1. The molecule has 1 amide bonds. The van der Waals surface area contributed by atoms with Crippen LogP contribution in [-0.4, -0.2) is 62.4 Å². The summed E-state index contributed by atoms with van der Waals surface area (Å²) in [7, 11) is 3.12. The molecule has 0 unspecified atom stereocenters. The Morgan fingerprint density at radius 2 is 1.78 bits per heavy atom. The lowest BCUT2D eigenvalue weighted by Gasteiger charge is -2.25. The maximum absolute atomic E-state index is 13.7. The number of fused-ring (bicyclic) bond motifs is 1. The highest BCUT2D eigenvalue weighted by atomic mass is 35.5. The minimum atomic E-state index is -0.146. The number of rotatable bonds is 10. The van der Waals surface area contributed by atoms with Crippen molar-refractivity contribution in [2.45, 2.75) is 18.7 Å². The molecule has 0 aliphatic heterocycles. The predicted octanol–water partition coefficient (Wildman–Crippen LogP) is 5.45. The van der Waals surface area contributed by atoms with Gasteiger partial charge in [-0.25, -0.2) is 4.98 Å². The first-order valence-corrected chi connectivity index (χ1v) is 12.3. The molecule has 1 heterocycles. The number of methoxy groups -OCH3 is 2. The first-order chi connectivity index (χ1) is 15.1. The summed E-state index contributed by atoms with van der Waals surface area (Å²) in [6.07, 6.45) is 2.04. The van der Waals surface area contributed by atoms with E-state index >= 15 is 0 Å². The fourth-order valence-electron chi connectivity index (χ4n) is 3.46. The number of likely N-dealkylation sites (N-methyl/N-ethyl adjacent to an activating group) is 1. The van der Waals surface area contributed by atoms with Crippen LogP contribution in [0.4, 0.5) is 5.13 Å². The number of hydrogen-bond donors (Lipinski definition) is 0. The standard InChI is InChI=1S/C23H29N3O3S2.ClH/c1-6-25(7-2)14-15-26(22(27)16-10-8-11-17(28-3)21(16)29-4)23-24-20-18(30-5)12-9-13-19(20)31-23;/h8-13H,6-7,14-15H2,1-5H3;1H. The molecule has 0 aliphatic carbocycles. The van der Waals surface area contributed by atoms with E-state index in [4.69, 9.17) is 14.5 Å². The van der Waals surface area contributed by atoms with Gasteiger partial charge in [-0.1, -0.05) is 37.3 Å². The van der Waals surface area contributed by atoms with E-state index in [-0.39, 0.29) is 18.3 Å². The van der Waals surface area contributed by atoms with Crippen molar-refractivity contribution >= 4 is 56.8 Å². The van der Waals surface area contributed by atoms with Gasteiger partial charge >= 0.3 is 0 Å². The van der Waals surface area contributed by atoms with Crippen LogP contribution >= 0.6 is 35.5 Å². The van der Waals surface area contributed by atoms with Gasteiger partial charge in [0, 0.05) is 18.0 Å². The largest absolute Gasteiger partial charge is 0.493 e. The molecule has 0 radical (unpaired) electrons. The van der Waals surface area contributed by atoms with Gasteiger partial charge in [-0.3, -0.25) is 9.69 Å². The summed E-state index contributed by atoms with van der Waals surface area (Å²) >= 11 is 3.20. The predicted molar refractivity (Wildman–Crippen MR) is 138 cm³/mol. The van der Waals surface area contributed by atoms with E-state index < -0.39 is 0 Å². The van der Waals surface area contributed by atoms with Crippen LogP contribution in [0.2, 0.25) is 0 Å². The highest BCUT2D eigenvalue weighted by molar-refractivity contribution is 7.98. The van der Waals surface area contributed by atoms with Crippen molar-refractivity contribution in [2.75, 3.05) is 51.6 Å². The van der Waals surface area contributed by atoms with Crippen LogP contribution in [-0.2, 0) is 0 Å². The number of carbonyl (C=O) groups is 1. The van der Waals surface area contributed by atoms with Crippen molar-refractivity contribution in [3.8, 4) is 11.5 Å². The van der Waals surface area contributed by atoms with E-state index in [9.17, 15) is 4.79 Å². The number of benzene rings is 2. The first kappa shape index (κ1) is 26.3. The van der Waals surface area contributed by atoms with Crippen molar-refractivity contribution in [3.63, 3.8) is 0 Å². The van der Waals surface area contributed by atoms with E-state index in [1.165, 1.54) is 11.3 Å². The Labute approximate surface area is 204 Å². The highest BCUT2D eigenvalue weighted by Gasteiger charge is 2.26. The molecule has 0 spiro atoms. The molecule has 0 fully saturated rings. The SMILES string of the molecule is CCN(CC)CCN(C(=O)c1cccc(OC)c1OC)c1nc2c(SC)cccc2s1.Cl. The summed E-state index contributed by atoms with van der Waals surface area (Å²) < 4.78 is 12.0. The van der Waals surface area contributed by atoms with E-state index in [2.05, 4.69) is 30.9 Å². The molecule has 1 aromatic heterocycles. The molecule has 174 valence electrons. The fraction of sp³-hybridized carbons (Fsp3) is 0.391. The molecule has 3 rings (SSSR count). The van der Waals surface area contributed by atoms with Gasteiger partial charge in [0.05, 0.1) is 30.0 Å². The van der Waals surface area contributed by atoms with Crippen molar-refractivity contribution in [1.29, 1.82) is 0 Å². The van der Waals surface area contributed by atoms with Gasteiger partial charge in [0.25, 0.3) is 5.91 Å². The molecular weight excluding hydrogens is 466 g/mol. The molecule has 0 aliphatic rings. The molecule has 9 heteroatoms. The zero-order valence-electron chi connectivity index (χ0n) is 19.1. The number of halogens is 1. The quantitative estimate of drug-likeness (QED) is 0.349.